The molecule has 1 unspecified atom stereocenters. The third-order valence-corrected chi connectivity index (χ3v) is 9.36. The maximum atomic E-state index is 13.5. The molecule has 0 heterocycles. The van der Waals surface area contributed by atoms with Crippen molar-refractivity contribution >= 4 is 5.97 Å². The van der Waals surface area contributed by atoms with Crippen molar-refractivity contribution in [3.63, 3.8) is 0 Å². The highest BCUT2D eigenvalue weighted by atomic mass is 16.5. The predicted molar refractivity (Wildman–Crippen MR) is 186 cm³/mol. The lowest BCUT2D eigenvalue weighted by Gasteiger charge is -2.27. The molecule has 42 heavy (non-hydrogen) atoms. The van der Waals surface area contributed by atoms with E-state index in [-0.39, 0.29) is 11.4 Å². The number of rotatable bonds is 30. The summed E-state index contributed by atoms with van der Waals surface area (Å²) in [6.45, 7) is 9.02. The van der Waals surface area contributed by atoms with Gasteiger partial charge in [-0.15, -0.1) is 0 Å². The normalized spacial score (nSPS) is 12.9. The summed E-state index contributed by atoms with van der Waals surface area (Å²) in [7, 11) is 0. The molecular formula is C40H72O2. The zero-order valence-electron chi connectivity index (χ0n) is 28.9. The van der Waals surface area contributed by atoms with Gasteiger partial charge in [0, 0.05) is 0 Å². The van der Waals surface area contributed by atoms with Crippen LogP contribution in [0.2, 0.25) is 0 Å². The van der Waals surface area contributed by atoms with E-state index in [0.717, 1.165) is 32.1 Å². The van der Waals surface area contributed by atoms with Crippen LogP contribution in [0.15, 0.2) is 24.3 Å². The molecule has 0 aliphatic heterocycles. The minimum absolute atomic E-state index is 0.0128. The Morgan fingerprint density at radius 2 is 0.833 bits per heavy atom. The van der Waals surface area contributed by atoms with Crippen molar-refractivity contribution in [2.75, 3.05) is 0 Å². The number of ether oxygens (including phenoxy) is 1. The monoisotopic (exact) mass is 585 g/mol. The minimum Gasteiger partial charge on any atom is -0.426 e. The van der Waals surface area contributed by atoms with Crippen LogP contribution >= 0.6 is 0 Å². The number of carbonyl (C=O) groups excluding carboxylic acids is 1. The molecule has 0 amide bonds. The quantitative estimate of drug-likeness (QED) is 0.0510. The summed E-state index contributed by atoms with van der Waals surface area (Å²) >= 11 is 0. The van der Waals surface area contributed by atoms with Gasteiger partial charge in [-0.25, -0.2) is 0 Å². The van der Waals surface area contributed by atoms with Crippen LogP contribution in [0.25, 0.3) is 0 Å². The van der Waals surface area contributed by atoms with Crippen molar-refractivity contribution in [1.82, 2.24) is 0 Å². The first kappa shape index (κ1) is 38.7. The van der Waals surface area contributed by atoms with Crippen molar-refractivity contribution in [3.8, 4) is 5.75 Å². The molecule has 0 saturated carbocycles. The second kappa shape index (κ2) is 27.3. The maximum absolute atomic E-state index is 13.5. The first-order valence-corrected chi connectivity index (χ1v) is 18.9. The van der Waals surface area contributed by atoms with E-state index < -0.39 is 0 Å². The Hall–Kier alpha value is -1.31. The lowest BCUT2D eigenvalue weighted by Crippen LogP contribution is -2.32. The third kappa shape index (κ3) is 20.6. The number of benzene rings is 1. The summed E-state index contributed by atoms with van der Waals surface area (Å²) in [5, 5.41) is 0. The summed E-state index contributed by atoms with van der Waals surface area (Å²) in [4.78, 5) is 13.5. The zero-order chi connectivity index (χ0) is 30.6. The fourth-order valence-electron chi connectivity index (χ4n) is 6.22. The highest BCUT2D eigenvalue weighted by molar-refractivity contribution is 5.78. The van der Waals surface area contributed by atoms with Crippen LogP contribution in [-0.2, 0) is 11.2 Å². The fraction of sp³-hybridized carbons (Fsp3) is 0.825. The summed E-state index contributed by atoms with van der Waals surface area (Å²) in [5.41, 5.74) is 0.981. The Morgan fingerprint density at radius 3 is 1.21 bits per heavy atom. The van der Waals surface area contributed by atoms with Gasteiger partial charge in [-0.05, 0) is 50.3 Å². The van der Waals surface area contributed by atoms with E-state index in [0.29, 0.717) is 5.75 Å². The van der Waals surface area contributed by atoms with Gasteiger partial charge in [0.2, 0.25) is 0 Å². The molecule has 1 aromatic carbocycles. The molecule has 0 saturated heterocycles. The van der Waals surface area contributed by atoms with Crippen LogP contribution < -0.4 is 4.74 Å². The van der Waals surface area contributed by atoms with Gasteiger partial charge in [0.25, 0.3) is 0 Å². The van der Waals surface area contributed by atoms with Gasteiger partial charge >= 0.3 is 5.97 Å². The SMILES string of the molecule is CCCCCCCCCCCCC(C)(CCCCCCCCCC)C(=O)Oc1ccc(CCCCCCCCC)cc1. The Kier molecular flexibility index (Phi) is 25.1. The molecule has 0 aliphatic rings. The number of esters is 1. The van der Waals surface area contributed by atoms with Gasteiger partial charge in [0.15, 0.2) is 0 Å². The van der Waals surface area contributed by atoms with E-state index in [1.807, 2.05) is 12.1 Å². The predicted octanol–water partition coefficient (Wildman–Crippen LogP) is 13.7. The second-order valence-electron chi connectivity index (χ2n) is 13.6. The lowest BCUT2D eigenvalue weighted by molar-refractivity contribution is -0.146. The second-order valence-corrected chi connectivity index (χ2v) is 13.6. The smallest absolute Gasteiger partial charge is 0.317 e. The van der Waals surface area contributed by atoms with Gasteiger partial charge in [0.05, 0.1) is 5.41 Å². The number of hydrogen-bond acceptors (Lipinski definition) is 2. The molecule has 0 aromatic heterocycles. The van der Waals surface area contributed by atoms with E-state index in [2.05, 4.69) is 39.8 Å². The first-order chi connectivity index (χ1) is 20.6. The van der Waals surface area contributed by atoms with Gasteiger partial charge in [-0.2, -0.15) is 0 Å². The highest BCUT2D eigenvalue weighted by Crippen LogP contribution is 2.34. The van der Waals surface area contributed by atoms with E-state index in [1.165, 1.54) is 153 Å². The standard InChI is InChI=1S/C40H72O2/c1-5-8-11-14-17-19-20-23-26-29-36-40(4,35-28-25-22-18-15-12-9-6-2)39(41)42-38-33-31-37(32-34-38)30-27-24-21-16-13-10-7-3/h31-34H,5-30,35-36H2,1-4H3. The summed E-state index contributed by atoms with van der Waals surface area (Å²) in [6.07, 6.45) is 36.1. The van der Waals surface area contributed by atoms with Crippen LogP contribution in [0, 0.1) is 5.41 Å². The molecule has 0 bridgehead atoms. The number of carbonyl (C=O) groups is 1. The van der Waals surface area contributed by atoms with Crippen LogP contribution in [0.4, 0.5) is 0 Å². The Morgan fingerprint density at radius 1 is 0.500 bits per heavy atom. The van der Waals surface area contributed by atoms with Crippen LogP contribution in [-0.4, -0.2) is 5.97 Å². The third-order valence-electron chi connectivity index (χ3n) is 9.36. The molecule has 0 radical (unpaired) electrons. The molecule has 0 aliphatic carbocycles. The average molecular weight is 585 g/mol. The van der Waals surface area contributed by atoms with Crippen molar-refractivity contribution in [2.24, 2.45) is 5.41 Å². The van der Waals surface area contributed by atoms with E-state index in [1.54, 1.807) is 0 Å². The van der Waals surface area contributed by atoms with Gasteiger partial charge in [-0.1, -0.05) is 187 Å². The van der Waals surface area contributed by atoms with Crippen LogP contribution in [0.5, 0.6) is 5.75 Å². The highest BCUT2D eigenvalue weighted by Gasteiger charge is 2.34. The largest absolute Gasteiger partial charge is 0.426 e. The fourth-order valence-corrected chi connectivity index (χ4v) is 6.22. The van der Waals surface area contributed by atoms with Crippen molar-refractivity contribution in [1.29, 1.82) is 0 Å². The molecule has 244 valence electrons. The summed E-state index contributed by atoms with van der Waals surface area (Å²) < 4.78 is 6.04. The molecule has 1 atom stereocenters. The molecule has 0 spiro atoms. The summed E-state index contributed by atoms with van der Waals surface area (Å²) in [6, 6.07) is 8.37. The van der Waals surface area contributed by atoms with E-state index in [4.69, 9.17) is 4.74 Å². The van der Waals surface area contributed by atoms with Crippen molar-refractivity contribution in [3.05, 3.63) is 29.8 Å². The van der Waals surface area contributed by atoms with Crippen LogP contribution in [0.3, 0.4) is 0 Å². The molecule has 0 fully saturated rings. The van der Waals surface area contributed by atoms with Gasteiger partial charge in [0.1, 0.15) is 5.75 Å². The Balaban J connectivity index is 2.49. The molecule has 2 heteroatoms. The van der Waals surface area contributed by atoms with E-state index >= 15 is 0 Å². The lowest BCUT2D eigenvalue weighted by atomic mass is 9.79. The Bertz CT molecular complexity index is 724. The zero-order valence-corrected chi connectivity index (χ0v) is 28.9. The van der Waals surface area contributed by atoms with Crippen molar-refractivity contribution < 1.29 is 9.53 Å². The Labute approximate surface area is 263 Å². The summed E-state index contributed by atoms with van der Waals surface area (Å²) in [5.74, 6) is 0.703. The number of hydrogen-bond donors (Lipinski definition) is 0. The van der Waals surface area contributed by atoms with Gasteiger partial charge in [-0.3, -0.25) is 4.79 Å². The molecule has 2 nitrogen and oxygen atoms in total. The molecule has 1 rings (SSSR count). The minimum atomic E-state index is -0.376. The first-order valence-electron chi connectivity index (χ1n) is 18.9. The van der Waals surface area contributed by atoms with E-state index in [9.17, 15) is 4.79 Å². The molecular weight excluding hydrogens is 512 g/mol. The number of aryl methyl sites for hydroxylation is 1. The average Bonchev–Trinajstić information content (AvgIpc) is 2.99. The van der Waals surface area contributed by atoms with Crippen molar-refractivity contribution in [2.45, 2.75) is 207 Å². The molecule has 0 N–H and O–H groups in total. The van der Waals surface area contributed by atoms with Gasteiger partial charge < -0.3 is 4.74 Å². The maximum Gasteiger partial charge on any atom is 0.317 e. The molecule has 1 aromatic rings. The van der Waals surface area contributed by atoms with Crippen LogP contribution in [0.1, 0.15) is 207 Å². The number of unbranched alkanes of at least 4 members (excludes halogenated alkanes) is 22. The topological polar surface area (TPSA) is 26.3 Å².